The van der Waals surface area contributed by atoms with Crippen molar-refractivity contribution in [2.24, 2.45) is 0 Å². The van der Waals surface area contributed by atoms with Gasteiger partial charge in [0.25, 0.3) is 0 Å². The third kappa shape index (κ3) is 5.08. The van der Waals surface area contributed by atoms with Gasteiger partial charge >= 0.3 is 0 Å². The van der Waals surface area contributed by atoms with Crippen molar-refractivity contribution >= 4 is 33.2 Å². The van der Waals surface area contributed by atoms with Gasteiger partial charge in [-0.05, 0) is 42.3 Å². The molecule has 2 aromatic rings. The molecule has 9 heteroatoms. The Balaban J connectivity index is 1.57. The number of morpholine rings is 1. The van der Waals surface area contributed by atoms with Gasteiger partial charge in [0, 0.05) is 24.5 Å². The zero-order valence-corrected chi connectivity index (χ0v) is 16.6. The quantitative estimate of drug-likeness (QED) is 0.770. The van der Waals surface area contributed by atoms with Gasteiger partial charge in [-0.15, -0.1) is 0 Å². The number of hydrogen-bond donors (Lipinski definition) is 1. The fourth-order valence-corrected chi connectivity index (χ4v) is 4.39. The van der Waals surface area contributed by atoms with E-state index in [9.17, 15) is 17.6 Å². The molecule has 28 heavy (non-hydrogen) atoms. The molecule has 1 saturated heterocycles. The number of carbonyl (C=O) groups is 1. The number of hydrogen-bond acceptors (Lipinski definition) is 4. The molecular formula is C19H20ClFN2O4S. The Labute approximate surface area is 168 Å². The topological polar surface area (TPSA) is 75.7 Å². The fraction of sp³-hybridized carbons (Fsp3) is 0.316. The second kappa shape index (κ2) is 9.00. The van der Waals surface area contributed by atoms with Crippen molar-refractivity contribution in [2.75, 3.05) is 31.6 Å². The molecule has 0 unspecified atom stereocenters. The number of nitrogens with zero attached hydrogens (tertiary/aromatic N) is 1. The molecule has 0 aliphatic carbocycles. The van der Waals surface area contributed by atoms with Crippen LogP contribution in [0.25, 0.3) is 0 Å². The van der Waals surface area contributed by atoms with Crippen LogP contribution in [0, 0.1) is 5.82 Å². The summed E-state index contributed by atoms with van der Waals surface area (Å²) in [5.41, 5.74) is 0.883. The third-order valence-corrected chi connectivity index (χ3v) is 6.53. The molecule has 150 valence electrons. The Morgan fingerprint density at radius 2 is 1.82 bits per heavy atom. The highest BCUT2D eigenvalue weighted by Gasteiger charge is 2.26. The van der Waals surface area contributed by atoms with Gasteiger partial charge in [0.05, 0.1) is 23.8 Å². The van der Waals surface area contributed by atoms with Gasteiger partial charge in [0.15, 0.2) is 0 Å². The predicted octanol–water partition coefficient (Wildman–Crippen LogP) is 3.07. The Morgan fingerprint density at radius 1 is 1.14 bits per heavy atom. The van der Waals surface area contributed by atoms with Crippen LogP contribution in [-0.4, -0.2) is 44.9 Å². The maximum absolute atomic E-state index is 13.7. The summed E-state index contributed by atoms with van der Waals surface area (Å²) in [5.74, 6) is -0.940. The maximum atomic E-state index is 13.7. The molecule has 1 amide bonds. The SMILES string of the molecule is O=C(CCc1ccc(S(=O)(=O)N2CCOCC2)cc1)Nc1ccc(Cl)cc1F. The van der Waals surface area contributed by atoms with Crippen LogP contribution in [0.4, 0.5) is 10.1 Å². The first-order chi connectivity index (χ1) is 13.4. The van der Waals surface area contributed by atoms with Crippen molar-refractivity contribution in [3.05, 3.63) is 58.9 Å². The fourth-order valence-electron chi connectivity index (χ4n) is 2.83. The number of rotatable bonds is 6. The minimum absolute atomic E-state index is 0.0707. The molecule has 0 saturated carbocycles. The van der Waals surface area contributed by atoms with Gasteiger partial charge in [-0.3, -0.25) is 4.79 Å². The van der Waals surface area contributed by atoms with Gasteiger partial charge < -0.3 is 10.1 Å². The normalized spacial score (nSPS) is 15.4. The molecule has 0 spiro atoms. The van der Waals surface area contributed by atoms with Crippen LogP contribution in [-0.2, 0) is 26.0 Å². The second-order valence-electron chi connectivity index (χ2n) is 6.33. The van der Waals surface area contributed by atoms with Gasteiger partial charge in [-0.1, -0.05) is 23.7 Å². The molecule has 1 N–H and O–H groups in total. The van der Waals surface area contributed by atoms with Crippen LogP contribution >= 0.6 is 11.6 Å². The van der Waals surface area contributed by atoms with Crippen molar-refractivity contribution in [2.45, 2.75) is 17.7 Å². The molecule has 0 atom stereocenters. The second-order valence-corrected chi connectivity index (χ2v) is 8.71. The monoisotopic (exact) mass is 426 g/mol. The van der Waals surface area contributed by atoms with Crippen LogP contribution in [0.3, 0.4) is 0 Å². The number of carbonyl (C=O) groups excluding carboxylic acids is 1. The number of benzene rings is 2. The lowest BCUT2D eigenvalue weighted by Gasteiger charge is -2.26. The van der Waals surface area contributed by atoms with E-state index in [-0.39, 0.29) is 27.9 Å². The molecule has 0 bridgehead atoms. The number of amides is 1. The Hall–Kier alpha value is -2.00. The number of nitrogens with one attached hydrogen (secondary N) is 1. The highest BCUT2D eigenvalue weighted by Crippen LogP contribution is 2.20. The van der Waals surface area contributed by atoms with E-state index in [0.29, 0.717) is 32.7 Å². The zero-order valence-electron chi connectivity index (χ0n) is 15.0. The van der Waals surface area contributed by atoms with E-state index >= 15 is 0 Å². The third-order valence-electron chi connectivity index (χ3n) is 4.38. The lowest BCUT2D eigenvalue weighted by Crippen LogP contribution is -2.40. The molecular weight excluding hydrogens is 407 g/mol. The van der Waals surface area contributed by atoms with Gasteiger partial charge in [0.1, 0.15) is 5.82 Å². The smallest absolute Gasteiger partial charge is 0.243 e. The van der Waals surface area contributed by atoms with Crippen molar-refractivity contribution in [3.8, 4) is 0 Å². The maximum Gasteiger partial charge on any atom is 0.243 e. The first-order valence-corrected chi connectivity index (χ1v) is 10.6. The van der Waals surface area contributed by atoms with E-state index in [1.54, 1.807) is 12.1 Å². The van der Waals surface area contributed by atoms with Crippen LogP contribution in [0.2, 0.25) is 5.02 Å². The van der Waals surface area contributed by atoms with E-state index in [1.807, 2.05) is 0 Å². The van der Waals surface area contributed by atoms with Crippen LogP contribution < -0.4 is 5.32 Å². The average molecular weight is 427 g/mol. The summed E-state index contributed by atoms with van der Waals surface area (Å²) in [6.07, 6.45) is 0.538. The minimum atomic E-state index is -3.54. The minimum Gasteiger partial charge on any atom is -0.379 e. The van der Waals surface area contributed by atoms with E-state index < -0.39 is 15.8 Å². The number of sulfonamides is 1. The molecule has 6 nitrogen and oxygen atoms in total. The summed E-state index contributed by atoms with van der Waals surface area (Å²) in [4.78, 5) is 12.2. The number of anilines is 1. The molecule has 0 aromatic heterocycles. The molecule has 1 aliphatic heterocycles. The van der Waals surface area contributed by atoms with Gasteiger partial charge in [-0.2, -0.15) is 4.31 Å². The summed E-state index contributed by atoms with van der Waals surface area (Å²) < 4.78 is 45.5. The summed E-state index contributed by atoms with van der Waals surface area (Å²) in [5, 5.41) is 2.75. The van der Waals surface area contributed by atoms with E-state index in [2.05, 4.69) is 5.32 Å². The number of halogens is 2. The summed E-state index contributed by atoms with van der Waals surface area (Å²) in [7, 11) is -3.54. The van der Waals surface area contributed by atoms with Crippen LogP contribution in [0.5, 0.6) is 0 Å². The molecule has 1 fully saturated rings. The highest BCUT2D eigenvalue weighted by atomic mass is 35.5. The van der Waals surface area contributed by atoms with E-state index in [4.69, 9.17) is 16.3 Å². The lowest BCUT2D eigenvalue weighted by atomic mass is 10.1. The average Bonchev–Trinajstić information content (AvgIpc) is 2.69. The molecule has 1 aliphatic rings. The largest absolute Gasteiger partial charge is 0.379 e. The predicted molar refractivity (Wildman–Crippen MR) is 104 cm³/mol. The number of ether oxygens (including phenoxy) is 1. The number of aryl methyl sites for hydroxylation is 1. The van der Waals surface area contributed by atoms with Crippen LogP contribution in [0.1, 0.15) is 12.0 Å². The van der Waals surface area contributed by atoms with Crippen LogP contribution in [0.15, 0.2) is 47.4 Å². The Kier molecular flexibility index (Phi) is 6.66. The van der Waals surface area contributed by atoms with Crippen molar-refractivity contribution < 1.29 is 22.3 Å². The highest BCUT2D eigenvalue weighted by molar-refractivity contribution is 7.89. The Bertz CT molecular complexity index is 945. The van der Waals surface area contributed by atoms with Crippen molar-refractivity contribution in [3.63, 3.8) is 0 Å². The first-order valence-electron chi connectivity index (χ1n) is 8.78. The van der Waals surface area contributed by atoms with E-state index in [0.717, 1.165) is 11.6 Å². The standard InChI is InChI=1S/C19H20ClFN2O4S/c20-15-4-7-18(17(21)13-15)22-19(24)8-3-14-1-5-16(6-2-14)28(25,26)23-9-11-27-12-10-23/h1-2,4-7,13H,3,8-12H2,(H,22,24). The molecule has 2 aromatic carbocycles. The molecule has 3 rings (SSSR count). The summed E-state index contributed by atoms with van der Waals surface area (Å²) in [6.45, 7) is 1.46. The molecule has 0 radical (unpaired) electrons. The van der Waals surface area contributed by atoms with Crippen molar-refractivity contribution in [1.82, 2.24) is 4.31 Å². The lowest BCUT2D eigenvalue weighted by molar-refractivity contribution is -0.116. The van der Waals surface area contributed by atoms with Gasteiger partial charge in [0.2, 0.25) is 15.9 Å². The zero-order chi connectivity index (χ0) is 20.1. The molecule has 1 heterocycles. The summed E-state index contributed by atoms with van der Waals surface area (Å²) >= 11 is 5.68. The first kappa shape index (κ1) is 20.7. The summed E-state index contributed by atoms with van der Waals surface area (Å²) in [6, 6.07) is 10.5. The van der Waals surface area contributed by atoms with Gasteiger partial charge in [-0.25, -0.2) is 12.8 Å². The Morgan fingerprint density at radius 3 is 2.46 bits per heavy atom. The van der Waals surface area contributed by atoms with E-state index in [1.165, 1.54) is 28.6 Å². The van der Waals surface area contributed by atoms with Crippen molar-refractivity contribution in [1.29, 1.82) is 0 Å².